The number of likely N-dealkylation sites (tertiary alicyclic amines) is 1. The zero-order valence-electron chi connectivity index (χ0n) is 17.4. The number of sulfone groups is 1. The summed E-state index contributed by atoms with van der Waals surface area (Å²) in [6, 6.07) is 0.498. The fourth-order valence-electron chi connectivity index (χ4n) is 3.19. The summed E-state index contributed by atoms with van der Waals surface area (Å²) >= 11 is 0. The van der Waals surface area contributed by atoms with Crippen LogP contribution in [0.3, 0.4) is 0 Å². The summed E-state index contributed by atoms with van der Waals surface area (Å²) in [5.74, 6) is 1.40. The predicted octanol–water partition coefficient (Wildman–Crippen LogP) is 1.73. The third-order valence-electron chi connectivity index (χ3n) is 4.72. The topological polar surface area (TPSA) is 83.0 Å². The summed E-state index contributed by atoms with van der Waals surface area (Å²) in [5, 5.41) is 6.65. The van der Waals surface area contributed by atoms with Crippen molar-refractivity contribution in [1.82, 2.24) is 15.5 Å². The van der Waals surface area contributed by atoms with E-state index in [1.165, 1.54) is 45.0 Å². The normalized spacial score (nSPS) is 17.9. The van der Waals surface area contributed by atoms with Crippen LogP contribution in [0.15, 0.2) is 4.99 Å². The zero-order valence-corrected chi connectivity index (χ0v) is 20.5. The molecule has 1 atom stereocenters. The van der Waals surface area contributed by atoms with Gasteiger partial charge in [-0.05, 0) is 31.8 Å². The van der Waals surface area contributed by atoms with Gasteiger partial charge in [-0.2, -0.15) is 0 Å². The molecule has 1 fully saturated rings. The van der Waals surface area contributed by atoms with E-state index in [1.54, 1.807) is 7.05 Å². The van der Waals surface area contributed by atoms with Crippen LogP contribution in [0.2, 0.25) is 0 Å². The van der Waals surface area contributed by atoms with Crippen molar-refractivity contribution >= 4 is 39.8 Å². The molecule has 1 heterocycles. The van der Waals surface area contributed by atoms with Gasteiger partial charge in [-0.15, -0.1) is 24.0 Å². The Kier molecular flexibility index (Phi) is 14.7. The number of ether oxygens (including phenoxy) is 1. The number of guanidine groups is 1. The van der Waals surface area contributed by atoms with Gasteiger partial charge < -0.3 is 15.4 Å². The van der Waals surface area contributed by atoms with Crippen molar-refractivity contribution in [3.63, 3.8) is 0 Å². The van der Waals surface area contributed by atoms with Crippen LogP contribution in [-0.4, -0.2) is 83.8 Å². The highest BCUT2D eigenvalue weighted by atomic mass is 127. The first-order chi connectivity index (χ1) is 12.3. The molecule has 9 heteroatoms. The van der Waals surface area contributed by atoms with Gasteiger partial charge in [-0.25, -0.2) is 8.42 Å². The molecule has 7 nitrogen and oxygen atoms in total. The molecule has 0 radical (unpaired) electrons. The van der Waals surface area contributed by atoms with E-state index in [2.05, 4.69) is 34.4 Å². The van der Waals surface area contributed by atoms with Crippen molar-refractivity contribution < 1.29 is 13.2 Å². The molecule has 0 bridgehead atoms. The van der Waals surface area contributed by atoms with E-state index in [4.69, 9.17) is 4.74 Å². The van der Waals surface area contributed by atoms with Crippen LogP contribution < -0.4 is 10.6 Å². The van der Waals surface area contributed by atoms with Crippen LogP contribution in [-0.2, 0) is 14.6 Å². The molecule has 0 amide bonds. The predicted molar refractivity (Wildman–Crippen MR) is 124 cm³/mol. The van der Waals surface area contributed by atoms with Crippen LogP contribution in [0.5, 0.6) is 0 Å². The Balaban J connectivity index is 0.00000676. The summed E-state index contributed by atoms with van der Waals surface area (Å²) in [6.07, 6.45) is 6.49. The highest BCUT2D eigenvalue weighted by Crippen LogP contribution is 2.16. The Bertz CT molecular complexity index is 507. The minimum Gasteiger partial charge on any atom is -0.379 e. The maximum atomic E-state index is 11.0. The van der Waals surface area contributed by atoms with Gasteiger partial charge in [0, 0.05) is 32.4 Å². The second-order valence-corrected chi connectivity index (χ2v) is 9.64. The molecule has 0 spiro atoms. The molecule has 0 aromatic carbocycles. The van der Waals surface area contributed by atoms with Gasteiger partial charge in [0.15, 0.2) is 5.96 Å². The van der Waals surface area contributed by atoms with E-state index in [9.17, 15) is 8.42 Å². The number of nitrogens with zero attached hydrogens (tertiary/aromatic N) is 2. The zero-order chi connectivity index (χ0) is 19.4. The average molecular weight is 519 g/mol. The van der Waals surface area contributed by atoms with Crippen molar-refractivity contribution in [2.45, 2.75) is 45.6 Å². The lowest BCUT2D eigenvalue weighted by Gasteiger charge is -2.34. The lowest BCUT2D eigenvalue weighted by atomic mass is 10.0. The van der Waals surface area contributed by atoms with Gasteiger partial charge >= 0.3 is 0 Å². The Morgan fingerprint density at radius 1 is 1.11 bits per heavy atom. The summed E-state index contributed by atoms with van der Waals surface area (Å²) < 4.78 is 27.4. The number of rotatable bonds is 10. The average Bonchev–Trinajstić information content (AvgIpc) is 2.84. The Labute approximate surface area is 183 Å². The van der Waals surface area contributed by atoms with Gasteiger partial charge in [-0.1, -0.05) is 26.7 Å². The fraction of sp³-hybridized carbons (Fsp3) is 0.944. The summed E-state index contributed by atoms with van der Waals surface area (Å²) in [6.45, 7) is 9.08. The summed E-state index contributed by atoms with van der Waals surface area (Å²) in [4.78, 5) is 6.88. The third-order valence-corrected chi connectivity index (χ3v) is 5.63. The molecule has 0 aromatic rings. The molecule has 1 saturated heterocycles. The largest absolute Gasteiger partial charge is 0.379 e. The van der Waals surface area contributed by atoms with E-state index in [1.807, 2.05) is 0 Å². The Hall–Kier alpha value is -0.130. The van der Waals surface area contributed by atoms with E-state index < -0.39 is 9.84 Å². The van der Waals surface area contributed by atoms with Crippen molar-refractivity contribution in [3.05, 3.63) is 0 Å². The van der Waals surface area contributed by atoms with Crippen molar-refractivity contribution in [1.29, 1.82) is 0 Å². The van der Waals surface area contributed by atoms with Crippen LogP contribution in [0, 0.1) is 5.92 Å². The first kappa shape index (κ1) is 26.9. The van der Waals surface area contributed by atoms with E-state index in [0.717, 1.165) is 12.5 Å². The SMILES string of the molecule is CN=C(NCCOCCS(C)(=O)=O)NCC(C(C)C)N1CCCCCC1.I. The number of halogens is 1. The summed E-state index contributed by atoms with van der Waals surface area (Å²) in [5.41, 5.74) is 0. The number of nitrogens with one attached hydrogen (secondary N) is 2. The third kappa shape index (κ3) is 12.8. The maximum absolute atomic E-state index is 11.0. The smallest absolute Gasteiger partial charge is 0.191 e. The van der Waals surface area contributed by atoms with Crippen LogP contribution in [0.4, 0.5) is 0 Å². The lowest BCUT2D eigenvalue weighted by molar-refractivity contribution is 0.153. The van der Waals surface area contributed by atoms with Gasteiger partial charge in [-0.3, -0.25) is 9.89 Å². The highest BCUT2D eigenvalue weighted by Gasteiger charge is 2.22. The molecule has 0 aliphatic carbocycles. The van der Waals surface area contributed by atoms with Crippen LogP contribution in [0.25, 0.3) is 0 Å². The van der Waals surface area contributed by atoms with Crippen LogP contribution >= 0.6 is 24.0 Å². The molecule has 1 unspecified atom stereocenters. The Morgan fingerprint density at radius 3 is 2.26 bits per heavy atom. The van der Waals surface area contributed by atoms with E-state index in [-0.39, 0.29) is 36.3 Å². The lowest BCUT2D eigenvalue weighted by Crippen LogP contribution is -2.50. The van der Waals surface area contributed by atoms with Crippen LogP contribution in [0.1, 0.15) is 39.5 Å². The molecular weight excluding hydrogens is 479 g/mol. The second kappa shape index (κ2) is 14.8. The first-order valence-corrected chi connectivity index (χ1v) is 11.8. The quantitative estimate of drug-likeness (QED) is 0.199. The fourth-order valence-corrected chi connectivity index (χ4v) is 3.61. The summed E-state index contributed by atoms with van der Waals surface area (Å²) in [7, 11) is -1.20. The molecule has 1 rings (SSSR count). The molecule has 2 N–H and O–H groups in total. The number of hydrogen-bond donors (Lipinski definition) is 2. The van der Waals surface area contributed by atoms with Gasteiger partial charge in [0.1, 0.15) is 9.84 Å². The molecule has 27 heavy (non-hydrogen) atoms. The molecule has 1 aliphatic heterocycles. The number of hydrogen-bond acceptors (Lipinski definition) is 5. The van der Waals surface area contributed by atoms with E-state index in [0.29, 0.717) is 25.1 Å². The highest BCUT2D eigenvalue weighted by molar-refractivity contribution is 14.0. The Morgan fingerprint density at radius 2 is 1.74 bits per heavy atom. The van der Waals surface area contributed by atoms with Gasteiger partial charge in [0.25, 0.3) is 0 Å². The van der Waals surface area contributed by atoms with Crippen molar-refractivity contribution in [2.24, 2.45) is 10.9 Å². The molecule has 0 saturated carbocycles. The van der Waals surface area contributed by atoms with Gasteiger partial charge in [0.05, 0.1) is 19.0 Å². The minimum absolute atomic E-state index is 0. The van der Waals surface area contributed by atoms with Crippen molar-refractivity contribution in [3.8, 4) is 0 Å². The first-order valence-electron chi connectivity index (χ1n) is 9.77. The molecule has 1 aliphatic rings. The molecular formula is C18H39IN4O3S. The maximum Gasteiger partial charge on any atom is 0.191 e. The number of aliphatic imine (C=N–C) groups is 1. The minimum atomic E-state index is -2.96. The standard InChI is InChI=1S/C18H38N4O3S.HI/c1-16(2)17(22-10-7-5-6-8-11-22)15-21-18(19-3)20-9-12-25-13-14-26(4,23)24;/h16-17H,5-15H2,1-4H3,(H2,19,20,21);1H. The van der Waals surface area contributed by atoms with Crippen molar-refractivity contribution in [2.75, 3.05) is 58.4 Å². The van der Waals surface area contributed by atoms with E-state index >= 15 is 0 Å². The molecule has 162 valence electrons. The monoisotopic (exact) mass is 518 g/mol. The molecule has 0 aromatic heterocycles. The second-order valence-electron chi connectivity index (χ2n) is 7.38. The van der Waals surface area contributed by atoms with Gasteiger partial charge in [0.2, 0.25) is 0 Å².